The number of nitrogens with one attached hydrogen (secondary N) is 1. The molecule has 0 amide bonds. The van der Waals surface area contributed by atoms with Crippen LogP contribution in [0.15, 0.2) is 46.9 Å². The Labute approximate surface area is 190 Å². The zero-order valence-electron chi connectivity index (χ0n) is 17.7. The van der Waals surface area contributed by atoms with Crippen molar-refractivity contribution in [3.63, 3.8) is 0 Å². The summed E-state index contributed by atoms with van der Waals surface area (Å²) in [7, 11) is 0. The van der Waals surface area contributed by atoms with Gasteiger partial charge in [-0.25, -0.2) is 4.79 Å². The number of fused-ring (bicyclic) bond motifs is 1. The normalized spacial score (nSPS) is 14.4. The van der Waals surface area contributed by atoms with Crippen molar-refractivity contribution in [1.82, 2.24) is 14.8 Å². The summed E-state index contributed by atoms with van der Waals surface area (Å²) < 4.78 is 8.06. The number of esters is 1. The lowest BCUT2D eigenvalue weighted by Gasteiger charge is -2.16. The molecular formula is C24H28BrN3O3. The zero-order valence-corrected chi connectivity index (χ0v) is 19.3. The summed E-state index contributed by atoms with van der Waals surface area (Å²) in [6.07, 6.45) is 2.54. The first-order valence-corrected chi connectivity index (χ1v) is 11.6. The number of aromatic hydroxyl groups is 1. The van der Waals surface area contributed by atoms with Crippen LogP contribution in [0.25, 0.3) is 16.6 Å². The van der Waals surface area contributed by atoms with Crippen molar-refractivity contribution < 1.29 is 14.6 Å². The van der Waals surface area contributed by atoms with Gasteiger partial charge in [0.2, 0.25) is 0 Å². The number of aromatic nitrogens is 1. The van der Waals surface area contributed by atoms with Crippen LogP contribution >= 0.6 is 15.9 Å². The Bertz CT molecular complexity index is 1060. The lowest BCUT2D eigenvalue weighted by Crippen LogP contribution is -2.30. The number of para-hydroxylation sites is 1. The van der Waals surface area contributed by atoms with Crippen molar-refractivity contribution in [2.75, 3.05) is 32.8 Å². The molecular weight excluding hydrogens is 458 g/mol. The van der Waals surface area contributed by atoms with E-state index in [1.54, 1.807) is 13.0 Å². The molecule has 0 bridgehead atoms. The van der Waals surface area contributed by atoms with Crippen LogP contribution in [0.4, 0.5) is 0 Å². The molecule has 4 rings (SSSR count). The topological polar surface area (TPSA) is 66.7 Å². The number of carbonyl (C=O) groups excluding carboxylic acids is 1. The average Bonchev–Trinajstić information content (AvgIpc) is 3.38. The quantitative estimate of drug-likeness (QED) is 0.364. The maximum atomic E-state index is 13.0. The Kier molecular flexibility index (Phi) is 6.95. The van der Waals surface area contributed by atoms with Crippen molar-refractivity contribution in [1.29, 1.82) is 0 Å². The maximum absolute atomic E-state index is 13.0. The van der Waals surface area contributed by atoms with E-state index in [9.17, 15) is 9.90 Å². The molecule has 164 valence electrons. The molecule has 1 saturated heterocycles. The number of benzene rings is 2. The fourth-order valence-corrected chi connectivity index (χ4v) is 4.60. The summed E-state index contributed by atoms with van der Waals surface area (Å²) in [5.41, 5.74) is 3.13. The number of halogens is 1. The molecule has 31 heavy (non-hydrogen) atoms. The highest BCUT2D eigenvalue weighted by atomic mass is 79.9. The van der Waals surface area contributed by atoms with E-state index in [1.807, 2.05) is 36.4 Å². The molecule has 0 radical (unpaired) electrons. The van der Waals surface area contributed by atoms with Crippen LogP contribution in [0.5, 0.6) is 5.75 Å². The fraction of sp³-hybridized carbons (Fsp3) is 0.375. The molecule has 0 unspecified atom stereocenters. The molecule has 0 spiro atoms. The Hall–Kier alpha value is -2.35. The van der Waals surface area contributed by atoms with Gasteiger partial charge < -0.3 is 24.6 Å². The van der Waals surface area contributed by atoms with Gasteiger partial charge in [0.15, 0.2) is 0 Å². The number of carbonyl (C=O) groups is 1. The van der Waals surface area contributed by atoms with Gasteiger partial charge in [0.1, 0.15) is 5.75 Å². The standard InChI is InChI=1S/C24H28BrN3O3/c1-2-31-24(30)23-18-14-22(29)19(25)15-20(18)28(17-8-4-3-5-9-17)21(23)16-26-10-13-27-11-6-7-12-27/h3-5,8-9,14-15,26,29H,2,6-7,10-13,16H2,1H3. The number of rotatable bonds is 8. The first kappa shape index (κ1) is 21.9. The highest BCUT2D eigenvalue weighted by Gasteiger charge is 2.25. The first-order valence-electron chi connectivity index (χ1n) is 10.8. The van der Waals surface area contributed by atoms with E-state index < -0.39 is 0 Å². The second-order valence-electron chi connectivity index (χ2n) is 7.76. The number of nitrogens with zero attached hydrogens (tertiary/aromatic N) is 2. The van der Waals surface area contributed by atoms with Crippen molar-refractivity contribution in [2.24, 2.45) is 0 Å². The van der Waals surface area contributed by atoms with E-state index in [-0.39, 0.29) is 11.7 Å². The highest BCUT2D eigenvalue weighted by Crippen LogP contribution is 2.36. The molecule has 2 heterocycles. The molecule has 1 aliphatic heterocycles. The van der Waals surface area contributed by atoms with E-state index in [1.165, 1.54) is 12.8 Å². The monoisotopic (exact) mass is 485 g/mol. The molecule has 7 heteroatoms. The Morgan fingerprint density at radius 2 is 1.94 bits per heavy atom. The Morgan fingerprint density at radius 1 is 1.19 bits per heavy atom. The largest absolute Gasteiger partial charge is 0.507 e. The van der Waals surface area contributed by atoms with Crippen LogP contribution in [0.1, 0.15) is 35.8 Å². The van der Waals surface area contributed by atoms with Gasteiger partial charge in [0.05, 0.1) is 27.9 Å². The van der Waals surface area contributed by atoms with Crippen molar-refractivity contribution >= 4 is 32.8 Å². The third-order valence-corrected chi connectivity index (χ3v) is 6.36. The predicted octanol–water partition coefficient (Wildman–Crippen LogP) is 4.46. The highest BCUT2D eigenvalue weighted by molar-refractivity contribution is 9.10. The van der Waals surface area contributed by atoms with Crippen LogP contribution in [0.2, 0.25) is 0 Å². The molecule has 1 aromatic heterocycles. The number of likely N-dealkylation sites (tertiary alicyclic amines) is 1. The van der Waals surface area contributed by atoms with Crippen LogP contribution in [0.3, 0.4) is 0 Å². The average molecular weight is 486 g/mol. The van der Waals surface area contributed by atoms with Gasteiger partial charge in [-0.15, -0.1) is 0 Å². The minimum absolute atomic E-state index is 0.0943. The van der Waals surface area contributed by atoms with Crippen molar-refractivity contribution in [3.8, 4) is 11.4 Å². The fourth-order valence-electron chi connectivity index (χ4n) is 4.27. The minimum Gasteiger partial charge on any atom is -0.507 e. The summed E-state index contributed by atoms with van der Waals surface area (Å²) in [6, 6.07) is 13.5. The van der Waals surface area contributed by atoms with E-state index in [2.05, 4.69) is 30.7 Å². The molecule has 0 aliphatic carbocycles. The number of ether oxygens (including phenoxy) is 1. The smallest absolute Gasteiger partial charge is 0.340 e. The lowest BCUT2D eigenvalue weighted by molar-refractivity contribution is 0.0527. The summed E-state index contributed by atoms with van der Waals surface area (Å²) in [4.78, 5) is 15.5. The SMILES string of the molecule is CCOC(=O)c1c(CNCCN2CCCC2)n(-c2ccccc2)c2cc(Br)c(O)cc12. The molecule has 1 fully saturated rings. The molecule has 0 atom stereocenters. The van der Waals surface area contributed by atoms with Crippen LogP contribution in [-0.4, -0.2) is 53.3 Å². The third-order valence-electron chi connectivity index (χ3n) is 5.72. The number of hydrogen-bond donors (Lipinski definition) is 2. The van der Waals surface area contributed by atoms with Crippen LogP contribution in [0, 0.1) is 0 Å². The summed E-state index contributed by atoms with van der Waals surface area (Å²) >= 11 is 3.43. The molecule has 2 N–H and O–H groups in total. The van der Waals surface area contributed by atoms with Gasteiger partial charge in [-0.2, -0.15) is 0 Å². The molecule has 0 saturated carbocycles. The number of hydrogen-bond acceptors (Lipinski definition) is 5. The first-order chi connectivity index (χ1) is 15.1. The molecule has 6 nitrogen and oxygen atoms in total. The van der Waals surface area contributed by atoms with Gasteiger partial charge in [-0.05, 0) is 73.1 Å². The van der Waals surface area contributed by atoms with Gasteiger partial charge in [-0.1, -0.05) is 18.2 Å². The third kappa shape index (κ3) is 4.63. The Morgan fingerprint density at radius 3 is 2.65 bits per heavy atom. The van der Waals surface area contributed by atoms with Gasteiger partial charge in [0, 0.05) is 30.7 Å². The van der Waals surface area contributed by atoms with Gasteiger partial charge >= 0.3 is 5.97 Å². The van der Waals surface area contributed by atoms with Gasteiger partial charge in [0.25, 0.3) is 0 Å². The van der Waals surface area contributed by atoms with E-state index >= 15 is 0 Å². The summed E-state index contributed by atoms with van der Waals surface area (Å²) in [5, 5.41) is 14.5. The second-order valence-corrected chi connectivity index (χ2v) is 8.61. The van der Waals surface area contributed by atoms with Gasteiger partial charge in [-0.3, -0.25) is 0 Å². The van der Waals surface area contributed by atoms with E-state index in [4.69, 9.17) is 4.74 Å². The number of phenolic OH excluding ortho intramolecular Hbond substituents is 1. The predicted molar refractivity (Wildman–Crippen MR) is 126 cm³/mol. The minimum atomic E-state index is -0.375. The van der Waals surface area contributed by atoms with Crippen molar-refractivity contribution in [2.45, 2.75) is 26.3 Å². The molecule has 1 aliphatic rings. The Balaban J connectivity index is 1.77. The molecule has 3 aromatic rings. The molecule has 2 aromatic carbocycles. The van der Waals surface area contributed by atoms with E-state index in [0.717, 1.165) is 43.1 Å². The zero-order chi connectivity index (χ0) is 21.8. The number of phenols is 1. The van der Waals surface area contributed by atoms with Crippen LogP contribution in [-0.2, 0) is 11.3 Å². The van der Waals surface area contributed by atoms with Crippen LogP contribution < -0.4 is 5.32 Å². The second kappa shape index (κ2) is 9.85. The summed E-state index contributed by atoms with van der Waals surface area (Å²) in [5.74, 6) is -0.281. The maximum Gasteiger partial charge on any atom is 0.340 e. The van der Waals surface area contributed by atoms with Crippen molar-refractivity contribution in [3.05, 3.63) is 58.2 Å². The lowest BCUT2D eigenvalue weighted by atomic mass is 10.1. The summed E-state index contributed by atoms with van der Waals surface area (Å²) in [6.45, 7) is 6.77. The van der Waals surface area contributed by atoms with E-state index in [0.29, 0.717) is 28.6 Å².